The molecule has 1 aromatic rings. The summed E-state index contributed by atoms with van der Waals surface area (Å²) in [5.74, 6) is 2.67. The quantitative estimate of drug-likeness (QED) is 0.510. The third kappa shape index (κ3) is 1.09. The lowest BCUT2D eigenvalue weighted by Gasteiger charge is -1.94. The standard InChI is InChI=1S/C10H8/c1-3-9-7-5-6-8-10(9)4-2/h1,4-8H,2H2/i1D. The van der Waals surface area contributed by atoms with Crippen LogP contribution < -0.4 is 0 Å². The van der Waals surface area contributed by atoms with Crippen molar-refractivity contribution in [1.82, 2.24) is 0 Å². The second-order valence-electron chi connectivity index (χ2n) is 1.92. The van der Waals surface area contributed by atoms with Crippen LogP contribution in [-0.2, 0) is 0 Å². The van der Waals surface area contributed by atoms with Crippen LogP contribution in [-0.4, -0.2) is 0 Å². The van der Waals surface area contributed by atoms with Crippen LogP contribution in [0.2, 0.25) is 0 Å². The minimum absolute atomic E-state index is 0.859. The highest BCUT2D eigenvalue weighted by Gasteiger charge is 1.90. The van der Waals surface area contributed by atoms with Crippen molar-refractivity contribution in [3.63, 3.8) is 0 Å². The molecule has 10 heavy (non-hydrogen) atoms. The molecule has 48 valence electrons. The van der Waals surface area contributed by atoms with Gasteiger partial charge in [-0.25, -0.2) is 0 Å². The molecule has 0 amide bonds. The van der Waals surface area contributed by atoms with Gasteiger partial charge in [-0.05, 0) is 11.6 Å². The zero-order valence-electron chi connectivity index (χ0n) is 6.59. The molecule has 0 saturated carbocycles. The molecule has 0 fully saturated rings. The summed E-state index contributed by atoms with van der Waals surface area (Å²) < 4.78 is 6.72. The van der Waals surface area contributed by atoms with Crippen molar-refractivity contribution in [3.8, 4) is 12.3 Å². The summed E-state index contributed by atoms with van der Waals surface area (Å²) >= 11 is 0. The fourth-order valence-corrected chi connectivity index (χ4v) is 0.789. The van der Waals surface area contributed by atoms with Gasteiger partial charge in [0.2, 0.25) is 0 Å². The molecule has 1 rings (SSSR count). The van der Waals surface area contributed by atoms with E-state index in [4.69, 9.17) is 1.37 Å². The lowest BCUT2D eigenvalue weighted by Crippen LogP contribution is -1.77. The molecule has 0 aliphatic carbocycles. The SMILES string of the molecule is [2H]C#Cc1ccccc1C=C. The van der Waals surface area contributed by atoms with Gasteiger partial charge in [-0.3, -0.25) is 0 Å². The second-order valence-corrected chi connectivity index (χ2v) is 1.92. The highest BCUT2D eigenvalue weighted by Crippen LogP contribution is 2.07. The average Bonchev–Trinajstić information content (AvgIpc) is 2.06. The molecule has 0 nitrogen and oxygen atoms in total. The molecule has 0 saturated heterocycles. The van der Waals surface area contributed by atoms with Crippen LogP contribution in [0.5, 0.6) is 0 Å². The summed E-state index contributed by atoms with van der Waals surface area (Å²) in [7, 11) is 0. The molecule has 0 aliphatic heterocycles. The Balaban J connectivity index is 3.19. The highest BCUT2D eigenvalue weighted by molar-refractivity contribution is 5.56. The lowest BCUT2D eigenvalue weighted by molar-refractivity contribution is 1.61. The van der Waals surface area contributed by atoms with E-state index in [2.05, 4.69) is 18.9 Å². The number of hydrogen-bond acceptors (Lipinski definition) is 0. The molecule has 0 spiro atoms. The maximum Gasteiger partial charge on any atom is 0.124 e. The predicted octanol–water partition coefficient (Wildman–Crippen LogP) is 2.31. The molecule has 0 aromatic heterocycles. The third-order valence-electron chi connectivity index (χ3n) is 1.32. The monoisotopic (exact) mass is 129 g/mol. The van der Waals surface area contributed by atoms with Gasteiger partial charge >= 0.3 is 0 Å². The van der Waals surface area contributed by atoms with E-state index in [1.807, 2.05) is 24.3 Å². The Morgan fingerprint density at radius 3 is 3.10 bits per heavy atom. The zero-order chi connectivity index (χ0) is 8.10. The van der Waals surface area contributed by atoms with Gasteiger partial charge in [-0.15, -0.1) is 6.40 Å². The van der Waals surface area contributed by atoms with Gasteiger partial charge in [0.15, 0.2) is 0 Å². The van der Waals surface area contributed by atoms with Gasteiger partial charge in [-0.2, -0.15) is 0 Å². The third-order valence-corrected chi connectivity index (χ3v) is 1.32. The number of benzene rings is 1. The Bertz CT molecular complexity index is 315. The van der Waals surface area contributed by atoms with E-state index < -0.39 is 0 Å². The molecule has 0 bridgehead atoms. The Hall–Kier alpha value is -1.48. The van der Waals surface area contributed by atoms with Crippen molar-refractivity contribution in [2.75, 3.05) is 0 Å². The summed E-state index contributed by atoms with van der Waals surface area (Å²) in [6.07, 6.45) is 3.85. The van der Waals surface area contributed by atoms with E-state index in [1.54, 1.807) is 6.08 Å². The van der Waals surface area contributed by atoms with Crippen LogP contribution >= 0.6 is 0 Å². The number of terminal acetylenes is 1. The van der Waals surface area contributed by atoms with E-state index in [-0.39, 0.29) is 0 Å². The van der Waals surface area contributed by atoms with Crippen LogP contribution in [0.1, 0.15) is 12.5 Å². The molecule has 0 N–H and O–H groups in total. The van der Waals surface area contributed by atoms with Crippen LogP contribution in [0.15, 0.2) is 30.8 Å². The number of hydrogen-bond donors (Lipinski definition) is 0. The Kier molecular flexibility index (Phi) is 1.54. The fourth-order valence-electron chi connectivity index (χ4n) is 0.789. The van der Waals surface area contributed by atoms with Crippen LogP contribution in [0.3, 0.4) is 0 Å². The Morgan fingerprint density at radius 1 is 1.60 bits per heavy atom. The summed E-state index contributed by atoms with van der Waals surface area (Å²) in [5, 5.41) is 0. The first-order chi connectivity index (χ1) is 5.38. The normalized spacial score (nSPS) is 9.00. The summed E-state index contributed by atoms with van der Waals surface area (Å²) in [5.41, 5.74) is 1.84. The van der Waals surface area contributed by atoms with Gasteiger partial charge in [-0.1, -0.05) is 36.8 Å². The van der Waals surface area contributed by atoms with Gasteiger partial charge in [0.25, 0.3) is 0 Å². The largest absolute Gasteiger partial charge is 0.124 e. The van der Waals surface area contributed by atoms with Crippen LogP contribution in [0, 0.1) is 12.3 Å². The van der Waals surface area contributed by atoms with E-state index >= 15 is 0 Å². The van der Waals surface area contributed by atoms with Crippen LogP contribution in [0.4, 0.5) is 0 Å². The van der Waals surface area contributed by atoms with Gasteiger partial charge < -0.3 is 0 Å². The summed E-state index contributed by atoms with van der Waals surface area (Å²) in [6, 6.07) is 7.62. The summed E-state index contributed by atoms with van der Waals surface area (Å²) in [6.45, 7) is 3.64. The Labute approximate surface area is 62.6 Å². The van der Waals surface area contributed by atoms with Gasteiger partial charge in [0.05, 0.1) is 0 Å². The molecule has 0 aliphatic rings. The first-order valence-electron chi connectivity index (χ1n) is 3.52. The Morgan fingerprint density at radius 2 is 2.40 bits per heavy atom. The highest BCUT2D eigenvalue weighted by atomic mass is 13.9. The first-order valence-corrected chi connectivity index (χ1v) is 3.02. The van der Waals surface area contributed by atoms with Crippen molar-refractivity contribution >= 4 is 6.08 Å². The van der Waals surface area contributed by atoms with E-state index in [9.17, 15) is 0 Å². The number of rotatable bonds is 1. The van der Waals surface area contributed by atoms with Crippen molar-refractivity contribution < 1.29 is 1.37 Å². The maximum atomic E-state index is 6.72. The zero-order valence-corrected chi connectivity index (χ0v) is 5.59. The van der Waals surface area contributed by atoms with E-state index in [0.29, 0.717) is 0 Å². The molecule has 0 heteroatoms. The molecular weight excluding hydrogens is 120 g/mol. The summed E-state index contributed by atoms with van der Waals surface area (Å²) in [4.78, 5) is 0. The minimum atomic E-state index is 0.859. The first kappa shape index (κ1) is 5.32. The van der Waals surface area contributed by atoms with Crippen molar-refractivity contribution in [1.29, 1.82) is 0 Å². The molecule has 0 unspecified atom stereocenters. The molecular formula is C10H8. The molecule has 0 heterocycles. The van der Waals surface area contributed by atoms with Gasteiger partial charge in [0, 0.05) is 5.56 Å². The fraction of sp³-hybridized carbons (Fsp3) is 0. The van der Waals surface area contributed by atoms with E-state index in [1.165, 1.54) is 0 Å². The average molecular weight is 129 g/mol. The van der Waals surface area contributed by atoms with E-state index in [0.717, 1.165) is 11.1 Å². The molecule has 0 radical (unpaired) electrons. The van der Waals surface area contributed by atoms with Gasteiger partial charge in [0.1, 0.15) is 1.37 Å². The van der Waals surface area contributed by atoms with Crippen molar-refractivity contribution in [3.05, 3.63) is 42.0 Å². The topological polar surface area (TPSA) is 0 Å². The van der Waals surface area contributed by atoms with Crippen LogP contribution in [0.25, 0.3) is 6.08 Å². The minimum Gasteiger partial charge on any atom is -0.115 e. The van der Waals surface area contributed by atoms with Crippen molar-refractivity contribution in [2.24, 2.45) is 0 Å². The molecule has 0 atom stereocenters. The predicted molar refractivity (Wildman–Crippen MR) is 44.5 cm³/mol. The maximum absolute atomic E-state index is 6.72. The lowest BCUT2D eigenvalue weighted by atomic mass is 10.1. The van der Waals surface area contributed by atoms with Crippen molar-refractivity contribution in [2.45, 2.75) is 0 Å². The molecule has 1 aromatic carbocycles. The second kappa shape index (κ2) is 2.89. The smallest absolute Gasteiger partial charge is 0.115 e.